The third kappa shape index (κ3) is 3.73. The van der Waals surface area contributed by atoms with E-state index in [9.17, 15) is 9.59 Å². The zero-order valence-corrected chi connectivity index (χ0v) is 19.7. The molecule has 1 aromatic heterocycles. The number of methoxy groups -OCH3 is 1. The summed E-state index contributed by atoms with van der Waals surface area (Å²) >= 11 is 0. The minimum atomic E-state index is -0.785. The third-order valence-corrected chi connectivity index (χ3v) is 9.28. The Labute approximate surface area is 196 Å². The monoisotopic (exact) mass is 448 g/mol. The molecule has 33 heavy (non-hydrogen) atoms. The average molecular weight is 449 g/mol. The van der Waals surface area contributed by atoms with Crippen LogP contribution in [0, 0.1) is 11.8 Å². The summed E-state index contributed by atoms with van der Waals surface area (Å²) in [5.74, 6) is 0.591. The first-order valence-corrected chi connectivity index (χ1v) is 13.1. The molecule has 5 nitrogen and oxygen atoms in total. The molecule has 5 heteroatoms. The van der Waals surface area contributed by atoms with Gasteiger partial charge in [0.05, 0.1) is 12.7 Å². The SMILES string of the molecule is COC(=O)C(=O)c1cn(C2CC3CCCC(C2)N3C2CC3CCCC(C3)C2)c2ccccc12. The van der Waals surface area contributed by atoms with Gasteiger partial charge >= 0.3 is 5.97 Å². The lowest BCUT2D eigenvalue weighted by molar-refractivity contribution is -0.135. The summed E-state index contributed by atoms with van der Waals surface area (Å²) in [7, 11) is 1.27. The number of Topliss-reactive ketones (excluding diaryl/α,β-unsaturated/α-hetero) is 1. The van der Waals surface area contributed by atoms with E-state index in [0.29, 0.717) is 23.7 Å². The first-order valence-electron chi connectivity index (χ1n) is 13.1. The number of hydrogen-bond donors (Lipinski definition) is 0. The number of ether oxygens (including phenoxy) is 1. The van der Waals surface area contributed by atoms with E-state index in [0.717, 1.165) is 41.6 Å². The molecule has 6 rings (SSSR count). The van der Waals surface area contributed by atoms with Gasteiger partial charge in [-0.15, -0.1) is 0 Å². The minimum absolute atomic E-state index is 0.378. The summed E-state index contributed by atoms with van der Waals surface area (Å²) in [5, 5.41) is 0.862. The van der Waals surface area contributed by atoms with Crippen molar-refractivity contribution >= 4 is 22.7 Å². The highest BCUT2D eigenvalue weighted by Gasteiger charge is 2.45. The van der Waals surface area contributed by atoms with E-state index in [1.165, 1.54) is 64.9 Å². The highest BCUT2D eigenvalue weighted by atomic mass is 16.5. The lowest BCUT2D eigenvalue weighted by Crippen LogP contribution is -2.58. The molecule has 4 bridgehead atoms. The number of para-hydroxylation sites is 1. The van der Waals surface area contributed by atoms with Crippen molar-refractivity contribution in [1.29, 1.82) is 0 Å². The molecule has 4 fully saturated rings. The van der Waals surface area contributed by atoms with Crippen LogP contribution in [0.2, 0.25) is 0 Å². The van der Waals surface area contributed by atoms with Crippen LogP contribution in [0.25, 0.3) is 10.9 Å². The Balaban J connectivity index is 1.29. The van der Waals surface area contributed by atoms with Crippen molar-refractivity contribution in [2.75, 3.05) is 7.11 Å². The molecule has 0 amide bonds. The molecule has 2 saturated heterocycles. The van der Waals surface area contributed by atoms with Crippen molar-refractivity contribution in [2.45, 2.75) is 94.8 Å². The Hall–Kier alpha value is -2.14. The summed E-state index contributed by atoms with van der Waals surface area (Å²) in [5.41, 5.74) is 1.54. The number of esters is 1. The van der Waals surface area contributed by atoms with Gasteiger partial charge in [-0.05, 0) is 62.8 Å². The van der Waals surface area contributed by atoms with E-state index in [4.69, 9.17) is 4.74 Å². The molecule has 2 aromatic rings. The van der Waals surface area contributed by atoms with Gasteiger partial charge in [-0.3, -0.25) is 9.69 Å². The number of piperidine rings is 2. The van der Waals surface area contributed by atoms with E-state index in [-0.39, 0.29) is 0 Å². The minimum Gasteiger partial charge on any atom is -0.463 e. The highest BCUT2D eigenvalue weighted by molar-refractivity contribution is 6.43. The molecule has 4 unspecified atom stereocenters. The smallest absolute Gasteiger partial charge is 0.379 e. The standard InChI is InChI=1S/C28H36N2O3/c1-33-28(32)27(31)25-17-29(26-11-3-2-10-24(25)26)22-15-20-8-5-9-21(16-22)30(20)23-13-18-6-4-7-19(12-18)14-23/h2-3,10-11,17-23H,4-9,12-16H2,1H3. The van der Waals surface area contributed by atoms with Crippen LogP contribution < -0.4 is 0 Å². The van der Waals surface area contributed by atoms with Gasteiger partial charge in [-0.2, -0.15) is 0 Å². The van der Waals surface area contributed by atoms with Crippen LogP contribution in [0.15, 0.2) is 30.5 Å². The van der Waals surface area contributed by atoms with E-state index < -0.39 is 11.8 Å². The lowest BCUT2D eigenvalue weighted by atomic mass is 9.68. The van der Waals surface area contributed by atoms with Crippen LogP contribution in [-0.4, -0.2) is 46.5 Å². The number of fused-ring (bicyclic) bond motifs is 5. The maximum Gasteiger partial charge on any atom is 0.379 e. The molecule has 176 valence electrons. The second kappa shape index (κ2) is 8.57. The second-order valence-corrected chi connectivity index (χ2v) is 11.1. The van der Waals surface area contributed by atoms with Crippen LogP contribution in [0.5, 0.6) is 0 Å². The molecule has 2 aliphatic heterocycles. The molecule has 2 aliphatic carbocycles. The molecule has 0 spiro atoms. The van der Waals surface area contributed by atoms with E-state index in [1.807, 2.05) is 24.4 Å². The molecule has 4 atom stereocenters. The van der Waals surface area contributed by atoms with Gasteiger partial charge in [-0.1, -0.05) is 43.9 Å². The summed E-state index contributed by atoms with van der Waals surface area (Å²) in [4.78, 5) is 27.7. The quantitative estimate of drug-likeness (QED) is 0.351. The fraction of sp³-hybridized carbons (Fsp3) is 0.643. The molecule has 0 radical (unpaired) electrons. The van der Waals surface area contributed by atoms with Crippen molar-refractivity contribution in [3.05, 3.63) is 36.0 Å². The van der Waals surface area contributed by atoms with E-state index in [1.54, 1.807) is 0 Å². The first kappa shape index (κ1) is 21.4. The van der Waals surface area contributed by atoms with Crippen LogP contribution in [0.4, 0.5) is 0 Å². The number of carbonyl (C=O) groups is 2. The Morgan fingerprint density at radius 1 is 0.818 bits per heavy atom. The first-order chi connectivity index (χ1) is 16.1. The fourth-order valence-electron chi connectivity index (χ4n) is 8.04. The third-order valence-electron chi connectivity index (χ3n) is 9.28. The molecule has 1 aromatic carbocycles. The Morgan fingerprint density at radius 3 is 2.18 bits per heavy atom. The van der Waals surface area contributed by atoms with Crippen molar-refractivity contribution in [2.24, 2.45) is 11.8 Å². The molecule has 2 saturated carbocycles. The maximum atomic E-state index is 12.7. The maximum absolute atomic E-state index is 12.7. The van der Waals surface area contributed by atoms with Gasteiger partial charge in [0.1, 0.15) is 0 Å². The summed E-state index contributed by atoms with van der Waals surface area (Å²) < 4.78 is 7.05. The predicted molar refractivity (Wildman–Crippen MR) is 128 cm³/mol. The van der Waals surface area contributed by atoms with Crippen molar-refractivity contribution < 1.29 is 14.3 Å². The van der Waals surface area contributed by atoms with Gasteiger partial charge in [0, 0.05) is 41.3 Å². The predicted octanol–water partition coefficient (Wildman–Crippen LogP) is 5.52. The largest absolute Gasteiger partial charge is 0.463 e. The summed E-state index contributed by atoms with van der Waals surface area (Å²) in [6.45, 7) is 0. The van der Waals surface area contributed by atoms with Crippen LogP contribution in [0.3, 0.4) is 0 Å². The number of nitrogens with zero attached hydrogens (tertiary/aromatic N) is 2. The number of carbonyl (C=O) groups excluding carboxylic acids is 2. The highest BCUT2D eigenvalue weighted by Crippen LogP contribution is 2.48. The van der Waals surface area contributed by atoms with Gasteiger partial charge in [0.25, 0.3) is 5.78 Å². The Bertz CT molecular complexity index is 1030. The molecular formula is C28H36N2O3. The normalized spacial score (nSPS) is 34.2. The molecule has 4 aliphatic rings. The van der Waals surface area contributed by atoms with Crippen molar-refractivity contribution in [1.82, 2.24) is 9.47 Å². The fourth-order valence-corrected chi connectivity index (χ4v) is 8.04. The zero-order valence-electron chi connectivity index (χ0n) is 19.7. The van der Waals surface area contributed by atoms with Crippen LogP contribution in [-0.2, 0) is 9.53 Å². The summed E-state index contributed by atoms with van der Waals surface area (Å²) in [6.07, 6.45) is 16.8. The topological polar surface area (TPSA) is 51.5 Å². The lowest BCUT2D eigenvalue weighted by Gasteiger charge is -2.55. The second-order valence-electron chi connectivity index (χ2n) is 11.1. The Morgan fingerprint density at radius 2 is 1.48 bits per heavy atom. The summed E-state index contributed by atoms with van der Waals surface area (Å²) in [6, 6.07) is 10.5. The number of rotatable bonds is 4. The van der Waals surface area contributed by atoms with Crippen molar-refractivity contribution in [3.63, 3.8) is 0 Å². The van der Waals surface area contributed by atoms with Gasteiger partial charge in [0.15, 0.2) is 0 Å². The van der Waals surface area contributed by atoms with Crippen LogP contribution >= 0.6 is 0 Å². The van der Waals surface area contributed by atoms with E-state index >= 15 is 0 Å². The molecule has 3 heterocycles. The molecular weight excluding hydrogens is 412 g/mol. The number of benzene rings is 1. The average Bonchev–Trinajstić information content (AvgIpc) is 3.21. The van der Waals surface area contributed by atoms with Gasteiger partial charge < -0.3 is 9.30 Å². The number of ketones is 1. The zero-order chi connectivity index (χ0) is 22.5. The molecule has 0 N–H and O–H groups in total. The van der Waals surface area contributed by atoms with Gasteiger partial charge in [0.2, 0.25) is 0 Å². The van der Waals surface area contributed by atoms with E-state index in [2.05, 4.69) is 15.5 Å². The Kier molecular flexibility index (Phi) is 5.56. The van der Waals surface area contributed by atoms with Crippen LogP contribution in [0.1, 0.15) is 87.0 Å². The van der Waals surface area contributed by atoms with Gasteiger partial charge in [-0.25, -0.2) is 4.79 Å². The van der Waals surface area contributed by atoms with Crippen molar-refractivity contribution in [3.8, 4) is 0 Å². The number of hydrogen-bond acceptors (Lipinski definition) is 4. The number of aromatic nitrogens is 1.